The number of hydrogen-bond donors (Lipinski definition) is 1. The van der Waals surface area contributed by atoms with Crippen molar-refractivity contribution in [1.29, 1.82) is 0 Å². The van der Waals surface area contributed by atoms with Crippen molar-refractivity contribution in [1.82, 2.24) is 0 Å². The zero-order chi connectivity index (χ0) is 19.2. The van der Waals surface area contributed by atoms with Gasteiger partial charge in [0.2, 0.25) is 0 Å². The van der Waals surface area contributed by atoms with E-state index in [4.69, 9.17) is 4.43 Å². The maximum Gasteiger partial charge on any atom is 0.191 e. The Morgan fingerprint density at radius 2 is 1.20 bits per heavy atom. The van der Waals surface area contributed by atoms with Gasteiger partial charge in [-0.1, -0.05) is 91.9 Å². The van der Waals surface area contributed by atoms with Gasteiger partial charge < -0.3 is 9.53 Å². The molecule has 2 nitrogen and oxygen atoms in total. The average Bonchev–Trinajstić information content (AvgIpc) is 2.52. The summed E-state index contributed by atoms with van der Waals surface area (Å²) in [5, 5.41) is 10.4. The van der Waals surface area contributed by atoms with Crippen molar-refractivity contribution in [3.05, 3.63) is 0 Å². The first kappa shape index (κ1) is 25.1. The second kappa shape index (κ2) is 14.2. The number of hydrogen-bond acceptors (Lipinski definition) is 2. The molecule has 0 unspecified atom stereocenters. The van der Waals surface area contributed by atoms with E-state index < -0.39 is 8.32 Å². The molecule has 0 amide bonds. The standard InChI is InChI=1S/C22H48O2Si/c1-7-8-9-10-11-12-13-14-15-16-18-21(23)19-17-20-24-25(5,6)22(2,3)4/h21,23H,7-20H2,1-6H3/t21-/m0/s1. The Kier molecular flexibility index (Phi) is 14.3. The molecule has 1 N–H and O–H groups in total. The van der Waals surface area contributed by atoms with Gasteiger partial charge in [0, 0.05) is 6.61 Å². The van der Waals surface area contributed by atoms with E-state index in [1.54, 1.807) is 0 Å². The Bertz CT molecular complexity index is 297. The number of rotatable bonds is 16. The van der Waals surface area contributed by atoms with Crippen LogP contribution in [0.25, 0.3) is 0 Å². The van der Waals surface area contributed by atoms with Crippen LogP contribution in [0.3, 0.4) is 0 Å². The van der Waals surface area contributed by atoms with Crippen molar-refractivity contribution in [2.75, 3.05) is 6.61 Å². The molecule has 0 aromatic heterocycles. The molecule has 0 bridgehead atoms. The summed E-state index contributed by atoms with van der Waals surface area (Å²) in [7, 11) is -1.61. The quantitative estimate of drug-likeness (QED) is 0.225. The summed E-state index contributed by atoms with van der Waals surface area (Å²) >= 11 is 0. The molecule has 0 aliphatic rings. The third kappa shape index (κ3) is 13.9. The first-order chi connectivity index (χ1) is 11.7. The number of aliphatic hydroxyl groups excluding tert-OH is 1. The summed E-state index contributed by atoms with van der Waals surface area (Å²) in [5.74, 6) is 0. The highest BCUT2D eigenvalue weighted by molar-refractivity contribution is 6.74. The van der Waals surface area contributed by atoms with Gasteiger partial charge in [0.25, 0.3) is 0 Å². The highest BCUT2D eigenvalue weighted by atomic mass is 28.4. The summed E-state index contributed by atoms with van der Waals surface area (Å²) in [6, 6.07) is 0. The SMILES string of the molecule is CCCCCCCCCCCC[C@H](O)CCCO[Si](C)(C)C(C)(C)C. The van der Waals surface area contributed by atoms with Crippen LogP contribution in [-0.2, 0) is 4.43 Å². The molecule has 0 aliphatic carbocycles. The Hall–Kier alpha value is 0.137. The largest absolute Gasteiger partial charge is 0.417 e. The molecule has 0 saturated heterocycles. The number of aliphatic hydroxyl groups is 1. The minimum absolute atomic E-state index is 0.128. The Morgan fingerprint density at radius 3 is 1.68 bits per heavy atom. The second-order valence-corrected chi connectivity index (χ2v) is 14.2. The van der Waals surface area contributed by atoms with Gasteiger partial charge in [0.05, 0.1) is 6.10 Å². The molecule has 1 atom stereocenters. The molecule has 0 aromatic rings. The van der Waals surface area contributed by atoms with Crippen LogP contribution in [0.5, 0.6) is 0 Å². The smallest absolute Gasteiger partial charge is 0.191 e. The molecule has 0 heterocycles. The van der Waals surface area contributed by atoms with Gasteiger partial charge in [-0.2, -0.15) is 0 Å². The van der Waals surface area contributed by atoms with Gasteiger partial charge in [-0.15, -0.1) is 0 Å². The lowest BCUT2D eigenvalue weighted by Crippen LogP contribution is -2.41. The van der Waals surface area contributed by atoms with Crippen LogP contribution in [-0.4, -0.2) is 26.1 Å². The van der Waals surface area contributed by atoms with Gasteiger partial charge in [-0.3, -0.25) is 0 Å². The molecule has 0 aromatic carbocycles. The second-order valence-electron chi connectivity index (χ2n) is 9.38. The van der Waals surface area contributed by atoms with E-state index in [0.29, 0.717) is 0 Å². The molecule has 0 rings (SSSR count). The lowest BCUT2D eigenvalue weighted by atomic mass is 10.0. The maximum atomic E-state index is 10.1. The predicted octanol–water partition coefficient (Wildman–Crippen LogP) is 7.46. The van der Waals surface area contributed by atoms with E-state index in [9.17, 15) is 5.11 Å². The van der Waals surface area contributed by atoms with Crippen LogP contribution in [0.1, 0.15) is 111 Å². The van der Waals surface area contributed by atoms with Gasteiger partial charge in [0.15, 0.2) is 8.32 Å². The van der Waals surface area contributed by atoms with Crippen LogP contribution in [0.15, 0.2) is 0 Å². The third-order valence-corrected chi connectivity index (χ3v) is 10.4. The molecule has 0 radical (unpaired) electrons. The van der Waals surface area contributed by atoms with Crippen LogP contribution in [0.2, 0.25) is 18.1 Å². The summed E-state index contributed by atoms with van der Waals surface area (Å²) in [6.07, 6.45) is 16.3. The van der Waals surface area contributed by atoms with E-state index >= 15 is 0 Å². The predicted molar refractivity (Wildman–Crippen MR) is 115 cm³/mol. The van der Waals surface area contributed by atoms with E-state index in [1.165, 1.54) is 64.2 Å². The van der Waals surface area contributed by atoms with Crippen molar-refractivity contribution >= 4 is 8.32 Å². The van der Waals surface area contributed by atoms with Crippen molar-refractivity contribution in [2.24, 2.45) is 0 Å². The summed E-state index contributed by atoms with van der Waals surface area (Å²) in [5.41, 5.74) is 0. The average molecular weight is 373 g/mol. The zero-order valence-electron chi connectivity index (χ0n) is 18.3. The highest BCUT2D eigenvalue weighted by Crippen LogP contribution is 2.36. The lowest BCUT2D eigenvalue weighted by Gasteiger charge is -2.36. The molecular formula is C22H48O2Si. The summed E-state index contributed by atoms with van der Waals surface area (Å²) in [6.45, 7) is 14.5. The van der Waals surface area contributed by atoms with E-state index in [-0.39, 0.29) is 11.1 Å². The minimum atomic E-state index is -1.61. The van der Waals surface area contributed by atoms with Gasteiger partial charge in [0.1, 0.15) is 0 Å². The van der Waals surface area contributed by atoms with Crippen LogP contribution in [0, 0.1) is 0 Å². The molecule has 0 aliphatic heterocycles. The highest BCUT2D eigenvalue weighted by Gasteiger charge is 2.36. The Morgan fingerprint density at radius 1 is 0.760 bits per heavy atom. The van der Waals surface area contributed by atoms with Crippen molar-refractivity contribution < 1.29 is 9.53 Å². The Balaban J connectivity index is 3.44. The van der Waals surface area contributed by atoms with Crippen molar-refractivity contribution in [3.63, 3.8) is 0 Å². The first-order valence-electron chi connectivity index (χ1n) is 11.0. The normalized spacial score (nSPS) is 14.0. The molecule has 3 heteroatoms. The van der Waals surface area contributed by atoms with E-state index in [0.717, 1.165) is 25.9 Å². The molecule has 0 spiro atoms. The molecule has 0 saturated carbocycles. The van der Waals surface area contributed by atoms with Crippen molar-refractivity contribution in [2.45, 2.75) is 135 Å². The summed E-state index contributed by atoms with van der Waals surface area (Å²) < 4.78 is 6.18. The van der Waals surface area contributed by atoms with Gasteiger partial charge in [-0.05, 0) is 37.4 Å². The maximum absolute atomic E-state index is 10.1. The number of unbranched alkanes of at least 4 members (excludes halogenated alkanes) is 9. The molecule has 25 heavy (non-hydrogen) atoms. The van der Waals surface area contributed by atoms with Gasteiger partial charge in [-0.25, -0.2) is 0 Å². The Labute approximate surface area is 160 Å². The zero-order valence-corrected chi connectivity index (χ0v) is 19.3. The molecule has 0 fully saturated rings. The fourth-order valence-corrected chi connectivity index (χ4v) is 3.96. The molecular weight excluding hydrogens is 324 g/mol. The van der Waals surface area contributed by atoms with Crippen LogP contribution < -0.4 is 0 Å². The molecule has 152 valence electrons. The van der Waals surface area contributed by atoms with E-state index in [1.807, 2.05) is 0 Å². The van der Waals surface area contributed by atoms with Crippen molar-refractivity contribution in [3.8, 4) is 0 Å². The fourth-order valence-electron chi connectivity index (χ4n) is 2.87. The first-order valence-corrected chi connectivity index (χ1v) is 13.9. The lowest BCUT2D eigenvalue weighted by molar-refractivity contribution is 0.138. The third-order valence-electron chi connectivity index (χ3n) is 5.84. The van der Waals surface area contributed by atoms with E-state index in [2.05, 4.69) is 40.8 Å². The monoisotopic (exact) mass is 372 g/mol. The van der Waals surface area contributed by atoms with Crippen LogP contribution >= 0.6 is 0 Å². The minimum Gasteiger partial charge on any atom is -0.417 e. The fraction of sp³-hybridized carbons (Fsp3) is 1.00. The summed E-state index contributed by atoms with van der Waals surface area (Å²) in [4.78, 5) is 0. The topological polar surface area (TPSA) is 29.5 Å². The van der Waals surface area contributed by atoms with Crippen LogP contribution in [0.4, 0.5) is 0 Å². The van der Waals surface area contributed by atoms with Gasteiger partial charge >= 0.3 is 0 Å².